The second kappa shape index (κ2) is 5.65. The summed E-state index contributed by atoms with van der Waals surface area (Å²) < 4.78 is 0. The van der Waals surface area contributed by atoms with Crippen LogP contribution in [0.5, 0.6) is 0 Å². The zero-order chi connectivity index (χ0) is 14.7. The molecule has 0 fully saturated rings. The number of nitrogens with zero attached hydrogens (tertiary/aromatic N) is 1. The third-order valence-corrected chi connectivity index (χ3v) is 4.05. The van der Waals surface area contributed by atoms with E-state index in [0.717, 1.165) is 24.1 Å². The average Bonchev–Trinajstić information content (AvgIpc) is 2.91. The minimum absolute atomic E-state index is 0.177. The third kappa shape index (κ3) is 3.10. The van der Waals surface area contributed by atoms with Gasteiger partial charge in [-0.1, -0.05) is 60.7 Å². The molecule has 0 radical (unpaired) electrons. The molecular formula is C19H19NO. The van der Waals surface area contributed by atoms with Crippen LogP contribution in [-0.4, -0.2) is 17.0 Å². The number of hydrogen-bond donors (Lipinski definition) is 0. The van der Waals surface area contributed by atoms with Crippen LogP contribution in [0.3, 0.4) is 0 Å². The van der Waals surface area contributed by atoms with E-state index in [1.54, 1.807) is 0 Å². The number of carbonyl (C=O) groups excluding carboxylic acids is 1. The van der Waals surface area contributed by atoms with Crippen molar-refractivity contribution < 1.29 is 4.79 Å². The quantitative estimate of drug-likeness (QED) is 0.766. The smallest absolute Gasteiger partial charge is 0.165 e. The van der Waals surface area contributed by atoms with Gasteiger partial charge < -0.3 is 0 Å². The lowest BCUT2D eigenvalue weighted by Crippen LogP contribution is -2.23. The molecule has 2 aromatic carbocycles. The van der Waals surface area contributed by atoms with Crippen molar-refractivity contribution in [2.75, 3.05) is 0 Å². The van der Waals surface area contributed by atoms with Gasteiger partial charge in [-0.2, -0.15) is 0 Å². The molecule has 0 amide bonds. The summed E-state index contributed by atoms with van der Waals surface area (Å²) in [5.41, 5.74) is 2.81. The summed E-state index contributed by atoms with van der Waals surface area (Å²) in [4.78, 5) is 17.2. The van der Waals surface area contributed by atoms with Crippen molar-refractivity contribution in [2.24, 2.45) is 4.99 Å². The summed E-state index contributed by atoms with van der Waals surface area (Å²) in [5, 5.41) is 0. The Morgan fingerprint density at radius 2 is 1.67 bits per heavy atom. The highest BCUT2D eigenvalue weighted by molar-refractivity contribution is 6.03. The molecule has 1 atom stereocenters. The molecule has 0 aromatic heterocycles. The SMILES string of the molecule is CC1(CC(=O)c2ccccc2)CCC(c2ccccc2)=N1. The second-order valence-electron chi connectivity index (χ2n) is 5.89. The number of aliphatic imine (C=N–C) groups is 1. The third-order valence-electron chi connectivity index (χ3n) is 4.05. The summed E-state index contributed by atoms with van der Waals surface area (Å²) in [6.45, 7) is 2.09. The van der Waals surface area contributed by atoms with E-state index in [1.165, 1.54) is 5.56 Å². The summed E-state index contributed by atoms with van der Waals surface area (Å²) >= 11 is 0. The Morgan fingerprint density at radius 1 is 1.05 bits per heavy atom. The van der Waals surface area contributed by atoms with Gasteiger partial charge in [0.25, 0.3) is 0 Å². The highest BCUT2D eigenvalue weighted by atomic mass is 16.1. The minimum atomic E-state index is -0.266. The molecule has 1 heterocycles. The molecule has 1 aliphatic heterocycles. The van der Waals surface area contributed by atoms with Crippen molar-refractivity contribution in [2.45, 2.75) is 31.7 Å². The van der Waals surface area contributed by atoms with Gasteiger partial charge in [-0.25, -0.2) is 0 Å². The fourth-order valence-electron chi connectivity index (χ4n) is 2.86. The number of rotatable bonds is 4. The Kier molecular flexibility index (Phi) is 3.70. The Bertz CT molecular complexity index is 660. The van der Waals surface area contributed by atoms with E-state index in [9.17, 15) is 4.79 Å². The van der Waals surface area contributed by atoms with Crippen molar-refractivity contribution in [1.29, 1.82) is 0 Å². The highest BCUT2D eigenvalue weighted by Crippen LogP contribution is 2.32. The van der Waals surface area contributed by atoms with E-state index in [-0.39, 0.29) is 11.3 Å². The summed E-state index contributed by atoms with van der Waals surface area (Å²) in [6.07, 6.45) is 2.37. The molecule has 106 valence electrons. The van der Waals surface area contributed by atoms with Crippen molar-refractivity contribution in [3.05, 3.63) is 71.8 Å². The number of benzene rings is 2. The highest BCUT2D eigenvalue weighted by Gasteiger charge is 2.32. The lowest BCUT2D eigenvalue weighted by Gasteiger charge is -2.19. The monoisotopic (exact) mass is 277 g/mol. The molecule has 0 N–H and O–H groups in total. The van der Waals surface area contributed by atoms with Crippen LogP contribution >= 0.6 is 0 Å². The van der Waals surface area contributed by atoms with Gasteiger partial charge in [-0.3, -0.25) is 9.79 Å². The molecule has 2 nitrogen and oxygen atoms in total. The van der Waals surface area contributed by atoms with Crippen molar-refractivity contribution in [3.63, 3.8) is 0 Å². The first kappa shape index (κ1) is 13.7. The molecule has 0 saturated carbocycles. The Hall–Kier alpha value is -2.22. The fraction of sp³-hybridized carbons (Fsp3) is 0.263. The molecular weight excluding hydrogens is 258 g/mol. The van der Waals surface area contributed by atoms with Gasteiger partial charge >= 0.3 is 0 Å². The number of carbonyl (C=O) groups is 1. The molecule has 0 saturated heterocycles. The molecule has 1 aliphatic rings. The van der Waals surface area contributed by atoms with Crippen LogP contribution in [0.1, 0.15) is 42.1 Å². The summed E-state index contributed by atoms with van der Waals surface area (Å²) in [5.74, 6) is 0.177. The van der Waals surface area contributed by atoms with Crippen LogP contribution in [0.4, 0.5) is 0 Å². The van der Waals surface area contributed by atoms with Crippen molar-refractivity contribution in [3.8, 4) is 0 Å². The summed E-state index contributed by atoms with van der Waals surface area (Å²) in [6, 6.07) is 19.7. The fourth-order valence-corrected chi connectivity index (χ4v) is 2.86. The van der Waals surface area contributed by atoms with Gasteiger partial charge in [0.1, 0.15) is 0 Å². The van der Waals surface area contributed by atoms with Gasteiger partial charge in [0.05, 0.1) is 5.54 Å². The van der Waals surface area contributed by atoms with Gasteiger partial charge in [0, 0.05) is 17.7 Å². The predicted molar refractivity (Wildman–Crippen MR) is 86.0 cm³/mol. The van der Waals surface area contributed by atoms with Gasteiger partial charge in [0.2, 0.25) is 0 Å². The molecule has 3 rings (SSSR count). The average molecular weight is 277 g/mol. The normalized spacial score (nSPS) is 21.1. The van der Waals surface area contributed by atoms with Crippen LogP contribution in [0.15, 0.2) is 65.7 Å². The Morgan fingerprint density at radius 3 is 2.33 bits per heavy atom. The van der Waals surface area contributed by atoms with Crippen molar-refractivity contribution >= 4 is 11.5 Å². The maximum Gasteiger partial charge on any atom is 0.165 e. The van der Waals surface area contributed by atoms with Gasteiger partial charge in [0.15, 0.2) is 5.78 Å². The molecule has 0 spiro atoms. The minimum Gasteiger partial charge on any atom is -0.294 e. The number of ketones is 1. The first-order valence-corrected chi connectivity index (χ1v) is 7.39. The molecule has 2 aromatic rings. The lowest BCUT2D eigenvalue weighted by molar-refractivity contribution is 0.0956. The lowest BCUT2D eigenvalue weighted by atomic mass is 9.90. The number of hydrogen-bond acceptors (Lipinski definition) is 2. The standard InChI is InChI=1S/C19H19NO/c1-19(14-18(21)16-10-6-3-7-11-16)13-12-17(20-19)15-8-4-2-5-9-15/h2-11H,12-14H2,1H3. The molecule has 0 bridgehead atoms. The summed E-state index contributed by atoms with van der Waals surface area (Å²) in [7, 11) is 0. The first-order chi connectivity index (χ1) is 10.2. The molecule has 1 unspecified atom stereocenters. The van der Waals surface area contributed by atoms with E-state index in [2.05, 4.69) is 19.1 Å². The van der Waals surface area contributed by atoms with Crippen LogP contribution < -0.4 is 0 Å². The van der Waals surface area contributed by atoms with E-state index in [1.807, 2.05) is 48.5 Å². The Labute approximate surface area is 125 Å². The van der Waals surface area contributed by atoms with E-state index < -0.39 is 0 Å². The van der Waals surface area contributed by atoms with Crippen LogP contribution in [0, 0.1) is 0 Å². The largest absolute Gasteiger partial charge is 0.294 e. The predicted octanol–water partition coefficient (Wildman–Crippen LogP) is 4.30. The van der Waals surface area contributed by atoms with Crippen LogP contribution in [0.2, 0.25) is 0 Å². The molecule has 2 heteroatoms. The van der Waals surface area contributed by atoms with E-state index >= 15 is 0 Å². The topological polar surface area (TPSA) is 29.4 Å². The first-order valence-electron chi connectivity index (χ1n) is 7.39. The molecule has 0 aliphatic carbocycles. The van der Waals surface area contributed by atoms with Gasteiger partial charge in [-0.05, 0) is 25.3 Å². The zero-order valence-electron chi connectivity index (χ0n) is 12.3. The maximum absolute atomic E-state index is 12.4. The number of Topliss-reactive ketones (excluding diaryl/α,β-unsaturated/α-hetero) is 1. The van der Waals surface area contributed by atoms with E-state index in [4.69, 9.17) is 4.99 Å². The zero-order valence-corrected chi connectivity index (χ0v) is 12.3. The second-order valence-corrected chi connectivity index (χ2v) is 5.89. The Balaban J connectivity index is 1.77. The van der Waals surface area contributed by atoms with Crippen LogP contribution in [0.25, 0.3) is 0 Å². The van der Waals surface area contributed by atoms with Crippen molar-refractivity contribution in [1.82, 2.24) is 0 Å². The van der Waals surface area contributed by atoms with E-state index in [0.29, 0.717) is 6.42 Å². The van der Waals surface area contributed by atoms with Crippen LogP contribution in [-0.2, 0) is 0 Å². The maximum atomic E-state index is 12.4. The van der Waals surface area contributed by atoms with Gasteiger partial charge in [-0.15, -0.1) is 0 Å². The molecule has 21 heavy (non-hydrogen) atoms.